The summed E-state index contributed by atoms with van der Waals surface area (Å²) in [4.78, 5) is 6.97. The Morgan fingerprint density at radius 3 is 3.22 bits per heavy atom. The number of nitrogens with one attached hydrogen (secondary N) is 1. The highest BCUT2D eigenvalue weighted by atomic mass is 32.1. The Kier molecular flexibility index (Phi) is 3.48. The highest BCUT2D eigenvalue weighted by molar-refractivity contribution is 7.17. The fourth-order valence-corrected chi connectivity index (χ4v) is 3.50. The Balaban J connectivity index is 1.90. The first-order valence-corrected chi connectivity index (χ1v) is 7.50. The number of hydrogen-bond donors (Lipinski definition) is 1. The fraction of sp³-hybridized carbons (Fsp3) is 0.500. The third kappa shape index (κ3) is 2.22. The van der Waals surface area contributed by atoms with Crippen LogP contribution in [0.4, 0.5) is 5.82 Å². The van der Waals surface area contributed by atoms with Gasteiger partial charge in [-0.25, -0.2) is 4.98 Å². The van der Waals surface area contributed by atoms with Crippen molar-refractivity contribution in [1.29, 1.82) is 0 Å². The van der Waals surface area contributed by atoms with Gasteiger partial charge < -0.3 is 10.2 Å². The second-order valence-electron chi connectivity index (χ2n) is 4.91. The number of thiophene rings is 1. The highest BCUT2D eigenvalue weighted by Crippen LogP contribution is 2.30. The third-order valence-electron chi connectivity index (χ3n) is 3.79. The average Bonchev–Trinajstić information content (AvgIpc) is 2.71. The monoisotopic (exact) mass is 261 g/mol. The molecule has 1 aliphatic rings. The lowest BCUT2D eigenvalue weighted by Crippen LogP contribution is -2.33. The van der Waals surface area contributed by atoms with Crippen molar-refractivity contribution in [2.24, 2.45) is 0 Å². The molecule has 1 N–H and O–H groups in total. The van der Waals surface area contributed by atoms with E-state index in [1.54, 1.807) is 11.3 Å². The van der Waals surface area contributed by atoms with Crippen LogP contribution in [0.25, 0.3) is 10.1 Å². The summed E-state index contributed by atoms with van der Waals surface area (Å²) in [6.45, 7) is 2.27. The van der Waals surface area contributed by atoms with Crippen LogP contribution in [-0.2, 0) is 0 Å². The van der Waals surface area contributed by atoms with Crippen LogP contribution in [0, 0.1) is 0 Å². The molecule has 0 aromatic carbocycles. The summed E-state index contributed by atoms with van der Waals surface area (Å²) in [7, 11) is 2.19. The van der Waals surface area contributed by atoms with Gasteiger partial charge in [-0.15, -0.1) is 11.3 Å². The van der Waals surface area contributed by atoms with Gasteiger partial charge in [0.2, 0.25) is 0 Å². The number of hydrogen-bond acceptors (Lipinski definition) is 4. The van der Waals surface area contributed by atoms with Crippen LogP contribution in [0.5, 0.6) is 0 Å². The molecule has 0 spiro atoms. The molecule has 0 radical (unpaired) electrons. The van der Waals surface area contributed by atoms with Gasteiger partial charge in [0, 0.05) is 29.4 Å². The van der Waals surface area contributed by atoms with Gasteiger partial charge in [-0.2, -0.15) is 0 Å². The summed E-state index contributed by atoms with van der Waals surface area (Å²) in [5, 5.41) is 6.92. The minimum atomic E-state index is 0.609. The molecule has 18 heavy (non-hydrogen) atoms. The van der Waals surface area contributed by atoms with Crippen LogP contribution in [-0.4, -0.2) is 31.2 Å². The second-order valence-corrected chi connectivity index (χ2v) is 5.86. The molecule has 2 aromatic rings. The Bertz CT molecular complexity index is 514. The standard InChI is InChI=1S/C14H19N3S/c1-17(11-3-2-7-15-8-4-11)14-12-6-10-18-13(12)5-9-16-14/h5-6,9-11,15H,2-4,7-8H2,1H3. The van der Waals surface area contributed by atoms with E-state index in [2.05, 4.69) is 39.8 Å². The quantitative estimate of drug-likeness (QED) is 0.901. The molecule has 1 atom stereocenters. The van der Waals surface area contributed by atoms with E-state index in [4.69, 9.17) is 0 Å². The topological polar surface area (TPSA) is 28.2 Å². The predicted octanol–water partition coefficient (Wildman–Crippen LogP) is 2.87. The molecule has 96 valence electrons. The van der Waals surface area contributed by atoms with Crippen molar-refractivity contribution in [3.63, 3.8) is 0 Å². The maximum atomic E-state index is 4.60. The summed E-state index contributed by atoms with van der Waals surface area (Å²) in [5.74, 6) is 1.14. The Labute approximate surface area is 112 Å². The van der Waals surface area contributed by atoms with Gasteiger partial charge in [0.05, 0.1) is 0 Å². The smallest absolute Gasteiger partial charge is 0.137 e. The predicted molar refractivity (Wildman–Crippen MR) is 78.5 cm³/mol. The molecule has 4 heteroatoms. The Morgan fingerprint density at radius 1 is 1.33 bits per heavy atom. The van der Waals surface area contributed by atoms with E-state index in [-0.39, 0.29) is 0 Å². The van der Waals surface area contributed by atoms with Crippen molar-refractivity contribution >= 4 is 27.2 Å². The van der Waals surface area contributed by atoms with Crippen molar-refractivity contribution in [2.75, 3.05) is 25.0 Å². The molecule has 1 fully saturated rings. The molecule has 3 rings (SSSR count). The fourth-order valence-electron chi connectivity index (χ4n) is 2.72. The number of pyridine rings is 1. The summed E-state index contributed by atoms with van der Waals surface area (Å²) >= 11 is 1.79. The van der Waals surface area contributed by atoms with E-state index < -0.39 is 0 Å². The molecule has 0 bridgehead atoms. The van der Waals surface area contributed by atoms with Gasteiger partial charge in [0.1, 0.15) is 5.82 Å². The molecule has 3 nitrogen and oxygen atoms in total. The van der Waals surface area contributed by atoms with Crippen molar-refractivity contribution in [3.05, 3.63) is 23.7 Å². The molecule has 2 aromatic heterocycles. The third-order valence-corrected chi connectivity index (χ3v) is 4.67. The summed E-state index contributed by atoms with van der Waals surface area (Å²) in [6.07, 6.45) is 5.65. The van der Waals surface area contributed by atoms with Crippen molar-refractivity contribution in [3.8, 4) is 0 Å². The second kappa shape index (κ2) is 5.24. The first kappa shape index (κ1) is 11.9. The van der Waals surface area contributed by atoms with Gasteiger partial charge in [0.15, 0.2) is 0 Å². The maximum Gasteiger partial charge on any atom is 0.137 e. The van der Waals surface area contributed by atoms with E-state index in [1.807, 2.05) is 6.20 Å². The Hall–Kier alpha value is -1.13. The SMILES string of the molecule is CN(c1nccc2sccc12)C1CCCNCC1. The number of nitrogens with zero attached hydrogens (tertiary/aromatic N) is 2. The molecule has 0 aliphatic carbocycles. The van der Waals surface area contributed by atoms with Crippen LogP contribution in [0.3, 0.4) is 0 Å². The molecular formula is C14H19N3S. The number of rotatable bonds is 2. The highest BCUT2D eigenvalue weighted by Gasteiger charge is 2.19. The maximum absolute atomic E-state index is 4.60. The van der Waals surface area contributed by atoms with Crippen molar-refractivity contribution in [2.45, 2.75) is 25.3 Å². The van der Waals surface area contributed by atoms with E-state index in [1.165, 1.54) is 29.3 Å². The molecule has 3 heterocycles. The zero-order valence-electron chi connectivity index (χ0n) is 10.7. The van der Waals surface area contributed by atoms with E-state index in [0.717, 1.165) is 18.9 Å². The molecule has 0 saturated carbocycles. The van der Waals surface area contributed by atoms with Crippen LogP contribution >= 0.6 is 11.3 Å². The van der Waals surface area contributed by atoms with Crippen LogP contribution in [0.1, 0.15) is 19.3 Å². The summed E-state index contributed by atoms with van der Waals surface area (Å²) < 4.78 is 1.33. The van der Waals surface area contributed by atoms with Crippen LogP contribution < -0.4 is 10.2 Å². The van der Waals surface area contributed by atoms with Gasteiger partial charge in [0.25, 0.3) is 0 Å². The van der Waals surface area contributed by atoms with Gasteiger partial charge in [-0.05, 0) is 49.9 Å². The zero-order chi connectivity index (χ0) is 12.4. The summed E-state index contributed by atoms with van der Waals surface area (Å²) in [6, 6.07) is 4.90. The molecule has 0 amide bonds. The van der Waals surface area contributed by atoms with E-state index in [0.29, 0.717) is 6.04 Å². The first-order valence-electron chi connectivity index (χ1n) is 6.62. The Morgan fingerprint density at radius 2 is 2.28 bits per heavy atom. The van der Waals surface area contributed by atoms with Gasteiger partial charge in [-0.1, -0.05) is 0 Å². The minimum absolute atomic E-state index is 0.609. The lowest BCUT2D eigenvalue weighted by atomic mass is 10.1. The summed E-state index contributed by atoms with van der Waals surface area (Å²) in [5.41, 5.74) is 0. The largest absolute Gasteiger partial charge is 0.356 e. The lowest BCUT2D eigenvalue weighted by Gasteiger charge is -2.28. The number of fused-ring (bicyclic) bond motifs is 1. The first-order chi connectivity index (χ1) is 8.86. The van der Waals surface area contributed by atoms with Crippen LogP contribution in [0.2, 0.25) is 0 Å². The van der Waals surface area contributed by atoms with E-state index in [9.17, 15) is 0 Å². The van der Waals surface area contributed by atoms with E-state index >= 15 is 0 Å². The van der Waals surface area contributed by atoms with Crippen LogP contribution in [0.15, 0.2) is 23.7 Å². The van der Waals surface area contributed by atoms with Crippen molar-refractivity contribution < 1.29 is 0 Å². The number of anilines is 1. The molecule has 1 unspecified atom stereocenters. The number of aromatic nitrogens is 1. The normalized spacial score (nSPS) is 20.8. The molecular weight excluding hydrogens is 242 g/mol. The lowest BCUT2D eigenvalue weighted by molar-refractivity contribution is 0.564. The zero-order valence-corrected chi connectivity index (χ0v) is 11.5. The molecule has 1 aliphatic heterocycles. The van der Waals surface area contributed by atoms with Gasteiger partial charge >= 0.3 is 0 Å². The van der Waals surface area contributed by atoms with Gasteiger partial charge in [-0.3, -0.25) is 0 Å². The average molecular weight is 261 g/mol. The minimum Gasteiger partial charge on any atom is -0.356 e. The molecule has 1 saturated heterocycles. The van der Waals surface area contributed by atoms with Crippen molar-refractivity contribution in [1.82, 2.24) is 10.3 Å².